The average Bonchev–Trinajstić information content (AvgIpc) is 3.29. The van der Waals surface area contributed by atoms with Gasteiger partial charge in [-0.3, -0.25) is 4.98 Å². The molecule has 5 aromatic heterocycles. The molecule has 0 N–H and O–H groups in total. The van der Waals surface area contributed by atoms with Crippen molar-refractivity contribution in [2.24, 2.45) is 0 Å². The molecule has 0 atom stereocenters. The van der Waals surface area contributed by atoms with Crippen LogP contribution in [-0.2, 0) is 6.54 Å². The third kappa shape index (κ3) is 2.61. The highest BCUT2D eigenvalue weighted by molar-refractivity contribution is 5.64. The van der Waals surface area contributed by atoms with Crippen molar-refractivity contribution in [3.05, 3.63) is 67.0 Å². The van der Waals surface area contributed by atoms with Gasteiger partial charge in [0, 0.05) is 24.8 Å². The molecule has 0 bridgehead atoms. The van der Waals surface area contributed by atoms with Crippen molar-refractivity contribution in [2.75, 3.05) is 0 Å². The van der Waals surface area contributed by atoms with Crippen LogP contribution >= 0.6 is 0 Å². The summed E-state index contributed by atoms with van der Waals surface area (Å²) in [5.74, 6) is 0.949. The van der Waals surface area contributed by atoms with E-state index in [0.29, 0.717) is 29.5 Å². The molecule has 126 valence electrons. The molecule has 5 rings (SSSR count). The number of hydrogen-bond donors (Lipinski definition) is 0. The Balaban J connectivity index is 1.48. The maximum atomic E-state index is 5.69. The molecule has 0 unspecified atom stereocenters. The van der Waals surface area contributed by atoms with Gasteiger partial charge in [-0.2, -0.15) is 4.98 Å². The first-order valence-electron chi connectivity index (χ1n) is 7.91. The van der Waals surface area contributed by atoms with Crippen molar-refractivity contribution in [3.8, 4) is 11.6 Å². The smallest absolute Gasteiger partial charge is 0.240 e. The lowest BCUT2D eigenvalue weighted by molar-refractivity contribution is 0.459. The first-order valence-corrected chi connectivity index (χ1v) is 7.91. The Morgan fingerprint density at radius 3 is 2.96 bits per heavy atom. The van der Waals surface area contributed by atoms with Gasteiger partial charge < -0.3 is 9.14 Å². The average molecular weight is 344 g/mol. The number of nitrogens with zero attached hydrogens (tertiary/aromatic N) is 8. The van der Waals surface area contributed by atoms with Crippen molar-refractivity contribution < 1.29 is 4.74 Å². The molecule has 0 saturated heterocycles. The second kappa shape index (κ2) is 5.88. The molecule has 5 heterocycles. The highest BCUT2D eigenvalue weighted by Crippen LogP contribution is 2.19. The highest BCUT2D eigenvalue weighted by atomic mass is 16.5. The second-order valence-electron chi connectivity index (χ2n) is 5.62. The molecule has 0 saturated carbocycles. The molecule has 0 aliphatic rings. The Labute approximate surface area is 146 Å². The van der Waals surface area contributed by atoms with E-state index in [1.54, 1.807) is 35.4 Å². The van der Waals surface area contributed by atoms with Crippen LogP contribution in [0, 0.1) is 0 Å². The molecule has 9 nitrogen and oxygen atoms in total. The summed E-state index contributed by atoms with van der Waals surface area (Å²) in [5, 5.41) is 8.22. The quantitative estimate of drug-likeness (QED) is 0.492. The van der Waals surface area contributed by atoms with Crippen molar-refractivity contribution in [2.45, 2.75) is 6.54 Å². The van der Waals surface area contributed by atoms with Crippen LogP contribution in [0.5, 0.6) is 11.6 Å². The number of pyridine rings is 2. The largest absolute Gasteiger partial charge is 0.436 e. The summed E-state index contributed by atoms with van der Waals surface area (Å²) >= 11 is 0. The Morgan fingerprint density at radius 2 is 2.04 bits per heavy atom. The van der Waals surface area contributed by atoms with E-state index in [1.165, 1.54) is 6.20 Å². The van der Waals surface area contributed by atoms with Crippen molar-refractivity contribution in [1.29, 1.82) is 0 Å². The summed E-state index contributed by atoms with van der Waals surface area (Å²) in [6, 6.07) is 7.55. The fourth-order valence-corrected chi connectivity index (χ4v) is 2.66. The van der Waals surface area contributed by atoms with Gasteiger partial charge in [-0.15, -0.1) is 5.10 Å². The predicted octanol–water partition coefficient (Wildman–Crippen LogP) is 2.10. The van der Waals surface area contributed by atoms with Gasteiger partial charge >= 0.3 is 0 Å². The molecular weight excluding hydrogens is 332 g/mol. The van der Waals surface area contributed by atoms with Gasteiger partial charge in [-0.05, 0) is 23.8 Å². The molecule has 26 heavy (non-hydrogen) atoms. The zero-order chi connectivity index (χ0) is 17.3. The number of rotatable bonds is 4. The van der Waals surface area contributed by atoms with Crippen LogP contribution in [0.15, 0.2) is 61.4 Å². The number of fused-ring (bicyclic) bond motifs is 2. The van der Waals surface area contributed by atoms with E-state index in [1.807, 2.05) is 28.9 Å². The molecule has 0 radical (unpaired) electrons. The van der Waals surface area contributed by atoms with E-state index in [9.17, 15) is 0 Å². The lowest BCUT2D eigenvalue weighted by Gasteiger charge is -2.05. The maximum Gasteiger partial charge on any atom is 0.240 e. The first kappa shape index (κ1) is 14.5. The highest BCUT2D eigenvalue weighted by Gasteiger charge is 2.11. The summed E-state index contributed by atoms with van der Waals surface area (Å²) in [6.45, 7) is 0.510. The number of hydrogen-bond acceptors (Lipinski definition) is 7. The molecule has 5 aromatic rings. The van der Waals surface area contributed by atoms with Crippen LogP contribution in [0.3, 0.4) is 0 Å². The van der Waals surface area contributed by atoms with Gasteiger partial charge in [0.2, 0.25) is 17.2 Å². The molecule has 0 aliphatic heterocycles. The number of imidazole rings is 1. The summed E-state index contributed by atoms with van der Waals surface area (Å²) in [6.07, 6.45) is 10.5. The zero-order valence-electron chi connectivity index (χ0n) is 13.5. The summed E-state index contributed by atoms with van der Waals surface area (Å²) < 4.78 is 9.34. The van der Waals surface area contributed by atoms with Gasteiger partial charge in [-0.1, -0.05) is 11.3 Å². The molecule has 0 spiro atoms. The van der Waals surface area contributed by atoms with E-state index in [4.69, 9.17) is 4.74 Å². The van der Waals surface area contributed by atoms with Crippen LogP contribution < -0.4 is 4.74 Å². The van der Waals surface area contributed by atoms with Gasteiger partial charge in [0.15, 0.2) is 0 Å². The van der Waals surface area contributed by atoms with Crippen LogP contribution in [0.4, 0.5) is 0 Å². The molecule has 9 heteroatoms. The fourth-order valence-electron chi connectivity index (χ4n) is 2.66. The van der Waals surface area contributed by atoms with Crippen molar-refractivity contribution >= 4 is 16.9 Å². The van der Waals surface area contributed by atoms with Crippen LogP contribution in [0.1, 0.15) is 5.56 Å². The Morgan fingerprint density at radius 1 is 1.04 bits per heavy atom. The molecular formula is C17H12N8O. The minimum atomic E-state index is 0.360. The normalized spacial score (nSPS) is 11.2. The topological polar surface area (TPSA) is 95.9 Å². The second-order valence-corrected chi connectivity index (χ2v) is 5.62. The maximum absolute atomic E-state index is 5.69. The number of ether oxygens (including phenoxy) is 1. The van der Waals surface area contributed by atoms with E-state index >= 15 is 0 Å². The predicted molar refractivity (Wildman–Crippen MR) is 91.7 cm³/mol. The Kier molecular flexibility index (Phi) is 3.27. The van der Waals surface area contributed by atoms with E-state index in [2.05, 4.69) is 30.2 Å². The molecule has 0 aromatic carbocycles. The molecule has 0 amide bonds. The first-order chi connectivity index (χ1) is 12.8. The van der Waals surface area contributed by atoms with Gasteiger partial charge in [0.25, 0.3) is 0 Å². The SMILES string of the molecule is c1cncc(Oc2cnc3nnn(Cc4ccc5nccn5c4)c3n2)c1. The summed E-state index contributed by atoms with van der Waals surface area (Å²) in [7, 11) is 0. The van der Waals surface area contributed by atoms with Gasteiger partial charge in [0.1, 0.15) is 11.4 Å². The van der Waals surface area contributed by atoms with Crippen molar-refractivity contribution in [1.82, 2.24) is 39.3 Å². The molecule has 0 aliphatic carbocycles. The summed E-state index contributed by atoms with van der Waals surface area (Å²) in [5.41, 5.74) is 2.95. The molecule has 0 fully saturated rings. The minimum Gasteiger partial charge on any atom is -0.436 e. The van der Waals surface area contributed by atoms with Gasteiger partial charge in [0.05, 0.1) is 18.9 Å². The minimum absolute atomic E-state index is 0.360. The van der Waals surface area contributed by atoms with Crippen LogP contribution in [-0.4, -0.2) is 39.3 Å². The number of aromatic nitrogens is 8. The van der Waals surface area contributed by atoms with E-state index in [-0.39, 0.29) is 0 Å². The third-order valence-corrected chi connectivity index (χ3v) is 3.84. The van der Waals surface area contributed by atoms with Gasteiger partial charge in [-0.25, -0.2) is 14.6 Å². The van der Waals surface area contributed by atoms with Crippen molar-refractivity contribution in [3.63, 3.8) is 0 Å². The lowest BCUT2D eigenvalue weighted by atomic mass is 10.3. The van der Waals surface area contributed by atoms with E-state index < -0.39 is 0 Å². The van der Waals surface area contributed by atoms with Crippen LogP contribution in [0.25, 0.3) is 16.9 Å². The monoisotopic (exact) mass is 344 g/mol. The zero-order valence-corrected chi connectivity index (χ0v) is 13.5. The van der Waals surface area contributed by atoms with Crippen LogP contribution in [0.2, 0.25) is 0 Å². The summed E-state index contributed by atoms with van der Waals surface area (Å²) in [4.78, 5) is 17.0. The van der Waals surface area contributed by atoms with E-state index in [0.717, 1.165) is 11.2 Å². The Bertz CT molecular complexity index is 1200. The Hall–Kier alpha value is -3.88. The fraction of sp³-hybridized carbons (Fsp3) is 0.0588. The standard InChI is InChI=1S/C17H12N8O/c1-2-13(8-18-5-1)26-15-9-20-16-17(21-15)25(23-22-16)11-12-3-4-14-19-6-7-24(14)10-12/h1-10H,11H2. The lowest BCUT2D eigenvalue weighted by Crippen LogP contribution is -2.04. The third-order valence-electron chi connectivity index (χ3n) is 3.84.